The summed E-state index contributed by atoms with van der Waals surface area (Å²) in [6, 6.07) is 71.4. The molecular formula is C50H32. The molecule has 0 saturated carbocycles. The van der Waals surface area contributed by atoms with Crippen LogP contribution in [-0.2, 0) is 0 Å². The number of hydrogen-bond acceptors (Lipinski definition) is 0. The van der Waals surface area contributed by atoms with E-state index in [2.05, 4.69) is 194 Å². The SMILES string of the molecule is c1ccc(-c2ccc3c(-c4cc5ccccc5c5ccccc45)c4ccccc4c(-c4cccc(-c5ccc6ccccc6c5)c4)c3c2)cc1. The van der Waals surface area contributed by atoms with Gasteiger partial charge in [0, 0.05) is 0 Å². The van der Waals surface area contributed by atoms with Gasteiger partial charge in [0.1, 0.15) is 0 Å². The van der Waals surface area contributed by atoms with Crippen molar-refractivity contribution in [3.63, 3.8) is 0 Å². The number of benzene rings is 10. The molecule has 0 atom stereocenters. The first-order valence-corrected chi connectivity index (χ1v) is 17.3. The third-order valence-electron chi connectivity index (χ3n) is 10.4. The van der Waals surface area contributed by atoms with Crippen molar-refractivity contribution in [2.45, 2.75) is 0 Å². The lowest BCUT2D eigenvalue weighted by atomic mass is 9.82. The minimum absolute atomic E-state index is 1.22. The van der Waals surface area contributed by atoms with Crippen LogP contribution in [0.3, 0.4) is 0 Å². The van der Waals surface area contributed by atoms with E-state index >= 15 is 0 Å². The summed E-state index contributed by atoms with van der Waals surface area (Å²) in [5, 5.41) is 12.7. The zero-order valence-electron chi connectivity index (χ0n) is 27.5. The van der Waals surface area contributed by atoms with Crippen LogP contribution in [0.25, 0.3) is 98.4 Å². The molecule has 0 bridgehead atoms. The van der Waals surface area contributed by atoms with E-state index in [0.29, 0.717) is 0 Å². The lowest BCUT2D eigenvalue weighted by Gasteiger charge is -2.20. The van der Waals surface area contributed by atoms with Gasteiger partial charge in [-0.3, -0.25) is 0 Å². The molecule has 0 aliphatic rings. The maximum Gasteiger partial charge on any atom is -0.00199 e. The van der Waals surface area contributed by atoms with Gasteiger partial charge < -0.3 is 0 Å². The molecule has 0 heterocycles. The van der Waals surface area contributed by atoms with Gasteiger partial charge in [0.05, 0.1) is 0 Å². The van der Waals surface area contributed by atoms with Crippen LogP contribution < -0.4 is 0 Å². The first-order valence-electron chi connectivity index (χ1n) is 17.3. The summed E-state index contributed by atoms with van der Waals surface area (Å²) in [6.07, 6.45) is 0. The number of fused-ring (bicyclic) bond motifs is 6. The minimum Gasteiger partial charge on any atom is -0.0622 e. The highest BCUT2D eigenvalue weighted by atomic mass is 14.2. The second-order valence-electron chi connectivity index (χ2n) is 13.3. The van der Waals surface area contributed by atoms with Gasteiger partial charge in [0.15, 0.2) is 0 Å². The first kappa shape index (κ1) is 28.5. The van der Waals surface area contributed by atoms with Gasteiger partial charge in [-0.1, -0.05) is 170 Å². The Morgan fingerprint density at radius 3 is 1.56 bits per heavy atom. The van der Waals surface area contributed by atoms with Crippen molar-refractivity contribution in [3.8, 4) is 44.5 Å². The van der Waals surface area contributed by atoms with E-state index in [4.69, 9.17) is 0 Å². The summed E-state index contributed by atoms with van der Waals surface area (Å²) in [4.78, 5) is 0. The molecule has 10 aromatic carbocycles. The first-order chi connectivity index (χ1) is 24.8. The van der Waals surface area contributed by atoms with E-state index in [9.17, 15) is 0 Å². The second-order valence-corrected chi connectivity index (χ2v) is 13.3. The molecule has 232 valence electrons. The Labute approximate surface area is 291 Å². The molecule has 0 aliphatic carbocycles. The maximum atomic E-state index is 2.42. The molecule has 0 amide bonds. The van der Waals surface area contributed by atoms with Crippen molar-refractivity contribution in [2.75, 3.05) is 0 Å². The van der Waals surface area contributed by atoms with E-state index in [1.165, 1.54) is 98.4 Å². The minimum atomic E-state index is 1.22. The lowest BCUT2D eigenvalue weighted by molar-refractivity contribution is 1.62. The lowest BCUT2D eigenvalue weighted by Crippen LogP contribution is -1.93. The van der Waals surface area contributed by atoms with Gasteiger partial charge in [-0.25, -0.2) is 0 Å². The Morgan fingerprint density at radius 2 is 0.740 bits per heavy atom. The van der Waals surface area contributed by atoms with Gasteiger partial charge in [-0.05, 0) is 123 Å². The van der Waals surface area contributed by atoms with Crippen molar-refractivity contribution in [1.29, 1.82) is 0 Å². The standard InChI is InChI=1S/C50H32/c1-2-13-33(14-3-1)38-27-28-46-48(31-38)49(40-19-12-18-36(30-40)37-26-25-34-15-4-5-16-35(34)29-37)44-23-10-11-24-45(44)50(46)47-32-39-17-6-7-20-41(39)42-21-8-9-22-43(42)47/h1-32H. The molecule has 10 rings (SSSR count). The molecular weight excluding hydrogens is 601 g/mol. The zero-order valence-corrected chi connectivity index (χ0v) is 27.5. The van der Waals surface area contributed by atoms with Crippen molar-refractivity contribution >= 4 is 53.9 Å². The Kier molecular flexibility index (Phi) is 6.60. The monoisotopic (exact) mass is 632 g/mol. The van der Waals surface area contributed by atoms with E-state index in [0.717, 1.165) is 0 Å². The molecule has 10 aromatic rings. The summed E-state index contributed by atoms with van der Waals surface area (Å²) in [7, 11) is 0. The number of rotatable bonds is 4. The van der Waals surface area contributed by atoms with Crippen LogP contribution in [-0.4, -0.2) is 0 Å². The molecule has 0 aromatic heterocycles. The smallest absolute Gasteiger partial charge is 0.00199 e. The topological polar surface area (TPSA) is 0 Å². The Balaban J connectivity index is 1.31. The third kappa shape index (κ3) is 4.61. The number of hydrogen-bond donors (Lipinski definition) is 0. The van der Waals surface area contributed by atoms with Crippen molar-refractivity contribution in [1.82, 2.24) is 0 Å². The van der Waals surface area contributed by atoms with E-state index in [1.807, 2.05) is 0 Å². The van der Waals surface area contributed by atoms with Crippen LogP contribution in [0.1, 0.15) is 0 Å². The predicted molar refractivity (Wildman–Crippen MR) is 216 cm³/mol. The Bertz CT molecular complexity index is 2910. The van der Waals surface area contributed by atoms with Crippen LogP contribution >= 0.6 is 0 Å². The second kappa shape index (κ2) is 11.6. The highest BCUT2D eigenvalue weighted by Gasteiger charge is 2.20. The van der Waals surface area contributed by atoms with Crippen LogP contribution in [0, 0.1) is 0 Å². The molecule has 0 radical (unpaired) electrons. The van der Waals surface area contributed by atoms with Crippen LogP contribution in [0.4, 0.5) is 0 Å². The maximum absolute atomic E-state index is 2.42. The van der Waals surface area contributed by atoms with Gasteiger partial charge >= 0.3 is 0 Å². The van der Waals surface area contributed by atoms with Crippen LogP contribution in [0.2, 0.25) is 0 Å². The summed E-state index contributed by atoms with van der Waals surface area (Å²) in [5.41, 5.74) is 9.92. The Morgan fingerprint density at radius 1 is 0.200 bits per heavy atom. The summed E-state index contributed by atoms with van der Waals surface area (Å²) in [5.74, 6) is 0. The van der Waals surface area contributed by atoms with Crippen LogP contribution in [0.15, 0.2) is 194 Å². The van der Waals surface area contributed by atoms with Gasteiger partial charge in [0.25, 0.3) is 0 Å². The van der Waals surface area contributed by atoms with E-state index in [1.54, 1.807) is 0 Å². The average molecular weight is 633 g/mol. The van der Waals surface area contributed by atoms with Crippen LogP contribution in [0.5, 0.6) is 0 Å². The molecule has 0 N–H and O–H groups in total. The van der Waals surface area contributed by atoms with Gasteiger partial charge in [-0.15, -0.1) is 0 Å². The fraction of sp³-hybridized carbons (Fsp3) is 0. The highest BCUT2D eigenvalue weighted by Crippen LogP contribution is 2.47. The average Bonchev–Trinajstić information content (AvgIpc) is 3.19. The molecule has 50 heavy (non-hydrogen) atoms. The van der Waals surface area contributed by atoms with E-state index < -0.39 is 0 Å². The highest BCUT2D eigenvalue weighted by molar-refractivity contribution is 6.26. The fourth-order valence-electron chi connectivity index (χ4n) is 8.07. The zero-order chi connectivity index (χ0) is 33.0. The van der Waals surface area contributed by atoms with Crippen molar-refractivity contribution in [3.05, 3.63) is 194 Å². The van der Waals surface area contributed by atoms with Gasteiger partial charge in [0.2, 0.25) is 0 Å². The van der Waals surface area contributed by atoms with Crippen molar-refractivity contribution < 1.29 is 0 Å². The summed E-state index contributed by atoms with van der Waals surface area (Å²) >= 11 is 0. The van der Waals surface area contributed by atoms with E-state index in [-0.39, 0.29) is 0 Å². The third-order valence-corrected chi connectivity index (χ3v) is 10.4. The quantitative estimate of drug-likeness (QED) is 0.134. The molecule has 0 nitrogen and oxygen atoms in total. The van der Waals surface area contributed by atoms with Crippen molar-refractivity contribution in [2.24, 2.45) is 0 Å². The summed E-state index contributed by atoms with van der Waals surface area (Å²) in [6.45, 7) is 0. The normalized spacial score (nSPS) is 11.6. The Hall–Kier alpha value is -6.50. The predicted octanol–water partition coefficient (Wildman–Crippen LogP) is 14.1. The van der Waals surface area contributed by atoms with Gasteiger partial charge in [-0.2, -0.15) is 0 Å². The molecule has 0 saturated heterocycles. The molecule has 0 heteroatoms. The summed E-state index contributed by atoms with van der Waals surface area (Å²) < 4.78 is 0. The molecule has 0 spiro atoms. The molecule has 0 unspecified atom stereocenters. The molecule has 0 aliphatic heterocycles. The fourth-order valence-corrected chi connectivity index (χ4v) is 8.07. The largest absolute Gasteiger partial charge is 0.0622 e. The molecule has 0 fully saturated rings.